The molecule has 0 N–H and O–H groups in total. The van der Waals surface area contributed by atoms with Crippen molar-refractivity contribution in [2.24, 2.45) is 17.0 Å². The zero-order valence-electron chi connectivity index (χ0n) is 21.6. The summed E-state index contributed by atoms with van der Waals surface area (Å²) in [5.41, 5.74) is 6.72. The van der Waals surface area contributed by atoms with E-state index >= 15 is 0 Å². The van der Waals surface area contributed by atoms with Crippen molar-refractivity contribution in [3.63, 3.8) is 0 Å². The Morgan fingerprint density at radius 1 is 0.606 bits per heavy atom. The van der Waals surface area contributed by atoms with Gasteiger partial charge in [-0.3, -0.25) is 9.98 Å². The summed E-state index contributed by atoms with van der Waals surface area (Å²) in [5, 5.41) is 0. The van der Waals surface area contributed by atoms with E-state index in [0.717, 1.165) is 22.8 Å². The molecule has 1 heterocycles. The van der Waals surface area contributed by atoms with E-state index in [4.69, 9.17) is 9.98 Å². The summed E-state index contributed by atoms with van der Waals surface area (Å²) in [6.45, 7) is 13.3. The number of aromatic nitrogens is 1. The van der Waals surface area contributed by atoms with Gasteiger partial charge in [0.1, 0.15) is 0 Å². The molecule has 3 nitrogen and oxygen atoms in total. The van der Waals surface area contributed by atoms with Gasteiger partial charge in [-0.15, -0.1) is 0 Å². The Bertz CT molecular complexity index is 992. The molecule has 0 aliphatic carbocycles. The normalized spacial score (nSPS) is 11.7. The van der Waals surface area contributed by atoms with Gasteiger partial charge in [0.25, 0.3) is 0 Å². The van der Waals surface area contributed by atoms with Crippen LogP contribution in [-0.2, 0) is 34.9 Å². The fraction of sp³-hybridized carbons (Fsp3) is 0.310. The largest absolute Gasteiger partial charge is 2.00 e. The number of nitrogens with zero attached hydrogens (tertiary/aromatic N) is 3. The zero-order chi connectivity index (χ0) is 21.9. The number of rotatable bonds is 4. The van der Waals surface area contributed by atoms with E-state index in [2.05, 4.69) is 94.6 Å². The standard InChI is InChI=1S/C27H33N3.2CH3.Fe/c1-26(2,3)22-12-8-10-14-24(22)28-18-20-16-17-21(30(20)7)19-29-25-15-11-9-13-23(25)27(4,5)6;;;/h8-19H,1-7H3;2*1H3;/q;2*-1;+2. The quantitative estimate of drug-likeness (QED) is 0.204. The Hall–Kier alpha value is -2.42. The predicted molar refractivity (Wildman–Crippen MR) is 143 cm³/mol. The van der Waals surface area contributed by atoms with Crippen molar-refractivity contribution in [2.75, 3.05) is 0 Å². The average Bonchev–Trinajstić information content (AvgIpc) is 3.03. The molecule has 0 aliphatic heterocycles. The summed E-state index contributed by atoms with van der Waals surface area (Å²) in [7, 11) is 2.05. The van der Waals surface area contributed by atoms with E-state index in [0.29, 0.717) is 0 Å². The van der Waals surface area contributed by atoms with Gasteiger partial charge in [0.2, 0.25) is 0 Å². The third kappa shape index (κ3) is 7.55. The van der Waals surface area contributed by atoms with Gasteiger partial charge in [0, 0.05) is 7.05 Å². The summed E-state index contributed by atoms with van der Waals surface area (Å²) >= 11 is 0. The first kappa shape index (κ1) is 30.6. The SMILES string of the molecule is Cn1c(C=Nc2ccccc2C(C)(C)C)ccc1C=Nc1ccccc1C(C)(C)C.[CH3-].[CH3-].[Fe+2]. The first-order valence-corrected chi connectivity index (χ1v) is 10.5. The van der Waals surface area contributed by atoms with Gasteiger partial charge in [0.05, 0.1) is 35.2 Å². The molecule has 3 aromatic rings. The Kier molecular flexibility index (Phi) is 11.3. The van der Waals surface area contributed by atoms with Crippen LogP contribution in [0.3, 0.4) is 0 Å². The van der Waals surface area contributed by atoms with Crippen LogP contribution in [0.2, 0.25) is 0 Å². The zero-order valence-corrected chi connectivity index (χ0v) is 22.7. The molecule has 3 rings (SSSR count). The molecule has 0 radical (unpaired) electrons. The van der Waals surface area contributed by atoms with E-state index in [-0.39, 0.29) is 42.8 Å². The second-order valence-electron chi connectivity index (χ2n) is 9.79. The second-order valence-corrected chi connectivity index (χ2v) is 9.79. The third-order valence-corrected chi connectivity index (χ3v) is 5.30. The smallest absolute Gasteiger partial charge is 0.358 e. The molecule has 0 spiro atoms. The summed E-state index contributed by atoms with van der Waals surface area (Å²) in [6, 6.07) is 20.9. The minimum Gasteiger partial charge on any atom is -0.358 e. The van der Waals surface area contributed by atoms with E-state index < -0.39 is 0 Å². The average molecular weight is 485 g/mol. The predicted octanol–water partition coefficient (Wildman–Crippen LogP) is 8.02. The topological polar surface area (TPSA) is 29.6 Å². The van der Waals surface area contributed by atoms with Crippen molar-refractivity contribution >= 4 is 23.8 Å². The van der Waals surface area contributed by atoms with Crippen LogP contribution in [0.15, 0.2) is 70.6 Å². The maximum absolute atomic E-state index is 4.79. The molecular weight excluding hydrogens is 446 g/mol. The van der Waals surface area contributed by atoms with Crippen LogP contribution in [0.4, 0.5) is 11.4 Å². The molecule has 4 heteroatoms. The van der Waals surface area contributed by atoms with Crippen LogP contribution >= 0.6 is 0 Å². The van der Waals surface area contributed by atoms with Gasteiger partial charge >= 0.3 is 17.1 Å². The molecule has 0 aliphatic rings. The molecule has 2 aromatic carbocycles. The van der Waals surface area contributed by atoms with E-state index in [9.17, 15) is 0 Å². The molecule has 0 atom stereocenters. The van der Waals surface area contributed by atoms with Gasteiger partial charge in [0.15, 0.2) is 0 Å². The first-order chi connectivity index (χ1) is 14.1. The van der Waals surface area contributed by atoms with Crippen LogP contribution < -0.4 is 0 Å². The van der Waals surface area contributed by atoms with Crippen molar-refractivity contribution in [1.29, 1.82) is 0 Å². The third-order valence-electron chi connectivity index (χ3n) is 5.30. The molecule has 0 unspecified atom stereocenters. The van der Waals surface area contributed by atoms with E-state index in [1.807, 2.05) is 31.6 Å². The molecule has 0 saturated carbocycles. The number of para-hydroxylation sites is 2. The maximum Gasteiger partial charge on any atom is 2.00 e. The fourth-order valence-corrected chi connectivity index (χ4v) is 3.51. The number of benzene rings is 2. The molecule has 33 heavy (non-hydrogen) atoms. The molecule has 1 aromatic heterocycles. The summed E-state index contributed by atoms with van der Waals surface area (Å²) in [5.74, 6) is 0. The van der Waals surface area contributed by atoms with Crippen LogP contribution in [-0.4, -0.2) is 17.0 Å². The molecule has 0 fully saturated rings. The second kappa shape index (κ2) is 12.2. The Morgan fingerprint density at radius 3 is 1.27 bits per heavy atom. The van der Waals surface area contributed by atoms with Crippen LogP contribution in [0.5, 0.6) is 0 Å². The summed E-state index contributed by atoms with van der Waals surface area (Å²) < 4.78 is 2.12. The van der Waals surface area contributed by atoms with Gasteiger partial charge < -0.3 is 19.4 Å². The Morgan fingerprint density at radius 2 is 0.939 bits per heavy atom. The number of hydrogen-bond donors (Lipinski definition) is 0. The Balaban J connectivity index is 0.00000341. The van der Waals surface area contributed by atoms with Crippen LogP contribution in [0.25, 0.3) is 0 Å². The van der Waals surface area contributed by atoms with E-state index in [1.54, 1.807) is 0 Å². The first-order valence-electron chi connectivity index (χ1n) is 10.5. The van der Waals surface area contributed by atoms with Crippen LogP contribution in [0.1, 0.15) is 64.1 Å². The minimum absolute atomic E-state index is 0. The summed E-state index contributed by atoms with van der Waals surface area (Å²) in [6.07, 6.45) is 3.87. The van der Waals surface area contributed by atoms with Crippen molar-refractivity contribution < 1.29 is 17.1 Å². The van der Waals surface area contributed by atoms with Crippen LogP contribution in [0, 0.1) is 14.9 Å². The molecule has 0 amide bonds. The van der Waals surface area contributed by atoms with Crippen molar-refractivity contribution in [3.8, 4) is 0 Å². The van der Waals surface area contributed by atoms with Crippen molar-refractivity contribution in [1.82, 2.24) is 4.57 Å². The van der Waals surface area contributed by atoms with Gasteiger partial charge in [-0.05, 0) is 46.2 Å². The fourth-order valence-electron chi connectivity index (χ4n) is 3.51. The number of aliphatic imine (C=N–C) groups is 2. The molecule has 178 valence electrons. The summed E-state index contributed by atoms with van der Waals surface area (Å²) in [4.78, 5) is 9.58. The molecule has 0 bridgehead atoms. The van der Waals surface area contributed by atoms with Gasteiger partial charge in [-0.25, -0.2) is 0 Å². The molecule has 0 saturated heterocycles. The Labute approximate surface area is 212 Å². The number of hydrogen-bond acceptors (Lipinski definition) is 2. The maximum atomic E-state index is 4.79. The van der Waals surface area contributed by atoms with Gasteiger partial charge in [-0.2, -0.15) is 0 Å². The monoisotopic (exact) mass is 485 g/mol. The van der Waals surface area contributed by atoms with E-state index in [1.165, 1.54) is 11.1 Å². The van der Waals surface area contributed by atoms with Gasteiger partial charge in [-0.1, -0.05) is 77.9 Å². The minimum atomic E-state index is 0. The van der Waals surface area contributed by atoms with Crippen molar-refractivity contribution in [3.05, 3.63) is 98.0 Å². The molecular formula is C29H39FeN3. The van der Waals surface area contributed by atoms with Crippen molar-refractivity contribution in [2.45, 2.75) is 52.4 Å².